The first kappa shape index (κ1) is 30.1. The second kappa shape index (κ2) is 15.8. The average Bonchev–Trinajstić information content (AvgIpc) is 3.12. The summed E-state index contributed by atoms with van der Waals surface area (Å²) in [6.45, 7) is 12.1. The molecule has 0 bridgehead atoms. The number of halogens is 1. The summed E-state index contributed by atoms with van der Waals surface area (Å²) in [5.41, 5.74) is 0.622. The van der Waals surface area contributed by atoms with Crippen LogP contribution in [0.1, 0.15) is 83.5 Å². The van der Waals surface area contributed by atoms with Crippen molar-refractivity contribution in [2.45, 2.75) is 85.0 Å². The third-order valence-corrected chi connectivity index (χ3v) is 5.39. The molecule has 0 radical (unpaired) electrons. The minimum atomic E-state index is -0.400. The number of methoxy groups -OCH3 is 1. The Morgan fingerprint density at radius 3 is 2.58 bits per heavy atom. The van der Waals surface area contributed by atoms with E-state index in [1.807, 2.05) is 34.7 Å². The van der Waals surface area contributed by atoms with Gasteiger partial charge in [-0.15, -0.1) is 35.3 Å². The first-order valence-corrected chi connectivity index (χ1v) is 11.7. The molecule has 0 saturated heterocycles. The predicted octanol–water partition coefficient (Wildman–Crippen LogP) is 5.16. The summed E-state index contributed by atoms with van der Waals surface area (Å²) in [7, 11) is 3.73. The number of unbranched alkanes of at least 4 members (excludes halogenated alkanes) is 3. The number of guanidine groups is 1. The maximum Gasteiger partial charge on any atom is 0.306 e. The zero-order chi connectivity index (χ0) is 22.6. The molecule has 1 unspecified atom stereocenters. The van der Waals surface area contributed by atoms with Gasteiger partial charge in [0, 0.05) is 39.0 Å². The lowest BCUT2D eigenvalue weighted by Crippen LogP contribution is -2.38. The molecule has 0 spiro atoms. The topological polar surface area (TPSA) is 76.0 Å². The van der Waals surface area contributed by atoms with E-state index in [0.29, 0.717) is 13.0 Å². The van der Waals surface area contributed by atoms with E-state index < -0.39 is 5.60 Å². The van der Waals surface area contributed by atoms with Gasteiger partial charge in [0.25, 0.3) is 0 Å². The average molecular weight is 569 g/mol. The van der Waals surface area contributed by atoms with Gasteiger partial charge in [-0.1, -0.05) is 12.8 Å². The van der Waals surface area contributed by atoms with Gasteiger partial charge in [-0.05, 0) is 47.5 Å². The molecule has 1 atom stereocenters. The quantitative estimate of drug-likeness (QED) is 0.124. The van der Waals surface area contributed by atoms with Crippen molar-refractivity contribution in [2.75, 3.05) is 27.2 Å². The van der Waals surface area contributed by atoms with Crippen molar-refractivity contribution in [3.63, 3.8) is 0 Å². The summed E-state index contributed by atoms with van der Waals surface area (Å²) in [6.07, 6.45) is 4.45. The van der Waals surface area contributed by atoms with E-state index >= 15 is 0 Å². The number of thiazole rings is 1. The van der Waals surface area contributed by atoms with E-state index in [1.165, 1.54) is 0 Å². The lowest BCUT2D eigenvalue weighted by molar-refractivity contribution is -0.154. The molecule has 0 aliphatic rings. The monoisotopic (exact) mass is 568 g/mol. The van der Waals surface area contributed by atoms with Crippen molar-refractivity contribution in [1.82, 2.24) is 15.2 Å². The Bertz CT molecular complexity index is 661. The number of aliphatic imine (C=N–C) groups is 1. The Morgan fingerprint density at radius 1 is 1.29 bits per heavy atom. The Morgan fingerprint density at radius 2 is 1.97 bits per heavy atom. The summed E-state index contributed by atoms with van der Waals surface area (Å²) < 4.78 is 10.7. The van der Waals surface area contributed by atoms with Crippen molar-refractivity contribution < 1.29 is 14.3 Å². The molecule has 1 aromatic heterocycles. The van der Waals surface area contributed by atoms with Crippen molar-refractivity contribution in [2.24, 2.45) is 4.99 Å². The first-order valence-electron chi connectivity index (χ1n) is 10.8. The highest BCUT2D eigenvalue weighted by Crippen LogP contribution is 2.21. The molecule has 1 rings (SSSR count). The van der Waals surface area contributed by atoms with E-state index in [-0.39, 0.29) is 36.0 Å². The molecule has 0 saturated carbocycles. The minimum absolute atomic E-state index is 0. The fourth-order valence-electron chi connectivity index (χ4n) is 2.78. The van der Waals surface area contributed by atoms with Crippen LogP contribution >= 0.6 is 35.3 Å². The Kier molecular flexibility index (Phi) is 15.3. The number of nitrogens with one attached hydrogen (secondary N) is 1. The lowest BCUT2D eigenvalue weighted by atomic mass is 10.1. The molecule has 1 heterocycles. The molecule has 0 amide bonds. The minimum Gasteiger partial charge on any atom is -0.460 e. The van der Waals surface area contributed by atoms with Crippen molar-refractivity contribution in [1.29, 1.82) is 0 Å². The van der Waals surface area contributed by atoms with Crippen molar-refractivity contribution in [3.05, 3.63) is 16.1 Å². The number of rotatable bonds is 12. The lowest BCUT2D eigenvalue weighted by Gasteiger charge is -2.21. The van der Waals surface area contributed by atoms with Crippen LogP contribution in [0.3, 0.4) is 0 Å². The van der Waals surface area contributed by atoms with Gasteiger partial charge in [0.2, 0.25) is 0 Å². The van der Waals surface area contributed by atoms with Crippen LogP contribution in [-0.4, -0.2) is 54.7 Å². The van der Waals surface area contributed by atoms with E-state index in [0.717, 1.165) is 55.4 Å². The fraction of sp³-hybridized carbons (Fsp3) is 0.773. The molecule has 180 valence electrons. The number of ether oxygens (including phenoxy) is 2. The van der Waals surface area contributed by atoms with Crippen LogP contribution in [0.2, 0.25) is 0 Å². The van der Waals surface area contributed by atoms with E-state index in [1.54, 1.807) is 18.4 Å². The van der Waals surface area contributed by atoms with Crippen LogP contribution in [0.25, 0.3) is 0 Å². The van der Waals surface area contributed by atoms with Gasteiger partial charge in [-0.2, -0.15) is 0 Å². The maximum atomic E-state index is 11.7. The SMILES string of the molecule is CCNC(=NCCCCCCC(=O)OC(C)(C)C)N(C)Cc1csc(C(C)OC)n1.I. The van der Waals surface area contributed by atoms with Gasteiger partial charge in [-0.3, -0.25) is 9.79 Å². The Labute approximate surface area is 209 Å². The molecule has 9 heteroatoms. The molecule has 1 N–H and O–H groups in total. The van der Waals surface area contributed by atoms with E-state index in [2.05, 4.69) is 27.5 Å². The third kappa shape index (κ3) is 13.3. The maximum absolute atomic E-state index is 11.7. The zero-order valence-corrected chi connectivity index (χ0v) is 23.3. The molecule has 0 aliphatic heterocycles. The number of aromatic nitrogens is 1. The van der Waals surface area contributed by atoms with Crippen LogP contribution in [-0.2, 0) is 20.8 Å². The summed E-state index contributed by atoms with van der Waals surface area (Å²) in [5.74, 6) is 0.780. The van der Waals surface area contributed by atoms with Crippen LogP contribution < -0.4 is 5.32 Å². The molecule has 31 heavy (non-hydrogen) atoms. The first-order chi connectivity index (χ1) is 14.2. The number of carbonyl (C=O) groups is 1. The number of hydrogen-bond donors (Lipinski definition) is 1. The molecule has 0 aromatic carbocycles. The van der Waals surface area contributed by atoms with Crippen LogP contribution in [0.4, 0.5) is 0 Å². The van der Waals surface area contributed by atoms with Gasteiger partial charge in [0.1, 0.15) is 16.7 Å². The van der Waals surface area contributed by atoms with Crippen molar-refractivity contribution in [3.8, 4) is 0 Å². The molecular weight excluding hydrogens is 527 g/mol. The highest BCUT2D eigenvalue weighted by molar-refractivity contribution is 14.0. The van der Waals surface area contributed by atoms with Crippen LogP contribution in [0.5, 0.6) is 0 Å². The molecule has 0 fully saturated rings. The van der Waals surface area contributed by atoms with Crippen molar-refractivity contribution >= 4 is 47.2 Å². The predicted molar refractivity (Wildman–Crippen MR) is 139 cm³/mol. The summed E-state index contributed by atoms with van der Waals surface area (Å²) in [6, 6.07) is 0. The largest absolute Gasteiger partial charge is 0.460 e. The Balaban J connectivity index is 0.00000900. The number of carbonyl (C=O) groups excluding carboxylic acids is 1. The van der Waals surface area contributed by atoms with Gasteiger partial charge < -0.3 is 19.7 Å². The third-order valence-electron chi connectivity index (χ3n) is 4.34. The second-order valence-corrected chi connectivity index (χ2v) is 9.29. The summed E-state index contributed by atoms with van der Waals surface area (Å²) in [4.78, 5) is 23.2. The van der Waals surface area contributed by atoms with Gasteiger partial charge >= 0.3 is 5.97 Å². The van der Waals surface area contributed by atoms with Crippen LogP contribution in [0.15, 0.2) is 10.4 Å². The normalized spacial score (nSPS) is 12.8. The molecule has 7 nitrogen and oxygen atoms in total. The number of hydrogen-bond acceptors (Lipinski definition) is 6. The highest BCUT2D eigenvalue weighted by atomic mass is 127. The number of esters is 1. The van der Waals surface area contributed by atoms with E-state index in [9.17, 15) is 4.79 Å². The standard InChI is InChI=1S/C22H40N4O3S.HI/c1-8-23-21(26(6)15-18-16-30-20(25-18)17(2)28-7)24-14-12-10-9-11-13-19(27)29-22(3,4)5;/h16-17H,8-15H2,1-7H3,(H,23,24);1H. The van der Waals surface area contributed by atoms with Gasteiger partial charge in [0.05, 0.1) is 12.2 Å². The van der Waals surface area contributed by atoms with Gasteiger partial charge in [-0.25, -0.2) is 4.98 Å². The molecular formula is C22H41IN4O3S. The zero-order valence-electron chi connectivity index (χ0n) is 20.2. The highest BCUT2D eigenvalue weighted by Gasteiger charge is 2.15. The number of nitrogens with zero attached hydrogens (tertiary/aromatic N) is 3. The second-order valence-electron chi connectivity index (χ2n) is 8.40. The summed E-state index contributed by atoms with van der Waals surface area (Å²) >= 11 is 1.63. The fourth-order valence-corrected chi connectivity index (χ4v) is 3.62. The Hall–Kier alpha value is -0.940. The molecule has 1 aromatic rings. The van der Waals surface area contributed by atoms with E-state index in [4.69, 9.17) is 14.5 Å². The summed E-state index contributed by atoms with van der Waals surface area (Å²) in [5, 5.41) is 6.42. The molecule has 0 aliphatic carbocycles. The van der Waals surface area contributed by atoms with Crippen LogP contribution in [0, 0.1) is 0 Å². The smallest absolute Gasteiger partial charge is 0.306 e. The van der Waals surface area contributed by atoms with Gasteiger partial charge in [0.15, 0.2) is 5.96 Å².